The van der Waals surface area contributed by atoms with E-state index >= 15 is 0 Å². The van der Waals surface area contributed by atoms with Crippen molar-refractivity contribution in [3.8, 4) is 0 Å². The predicted molar refractivity (Wildman–Crippen MR) is 20.9 cm³/mol. The van der Waals surface area contributed by atoms with E-state index in [1.807, 2.05) is 0 Å². The van der Waals surface area contributed by atoms with Crippen LogP contribution in [0.15, 0.2) is 11.7 Å². The summed E-state index contributed by atoms with van der Waals surface area (Å²) in [5, 5.41) is 9.19. The van der Waals surface area contributed by atoms with Gasteiger partial charge in [0, 0.05) is 0 Å². The molecule has 0 aliphatic heterocycles. The lowest BCUT2D eigenvalue weighted by Gasteiger charge is -2.07. The van der Waals surface area contributed by atoms with Gasteiger partial charge in [0.15, 0.2) is 0 Å². The van der Waals surface area contributed by atoms with E-state index in [0.717, 1.165) is 0 Å². The maximum Gasteiger partial charge on any atom is 0.445 e. The lowest BCUT2D eigenvalue weighted by molar-refractivity contribution is -0.228. The first-order valence-corrected chi connectivity index (χ1v) is 2.28. The van der Waals surface area contributed by atoms with Crippen LogP contribution in [-0.4, -0.2) is 12.3 Å². The van der Waals surface area contributed by atoms with E-state index in [9.17, 15) is 35.8 Å². The van der Waals surface area contributed by atoms with Crippen molar-refractivity contribution in [3.05, 3.63) is 11.7 Å². The zero-order valence-electron chi connectivity index (χ0n) is 5.05. The fourth-order valence-corrected chi connectivity index (χ4v) is 0.252. The first-order valence-electron chi connectivity index (χ1n) is 2.28. The SMILES string of the molecule is [O]C(F)(F)C(F)=C(F)C(F)(F)F. The normalized spacial score (nSPS) is 16.0. The second kappa shape index (κ2) is 2.92. The van der Waals surface area contributed by atoms with E-state index in [4.69, 9.17) is 0 Å². The molecule has 8 heteroatoms. The largest absolute Gasteiger partial charge is 0.445 e. The molecule has 0 aromatic carbocycles. The molecule has 0 bridgehead atoms. The summed E-state index contributed by atoms with van der Waals surface area (Å²) in [5.74, 6) is -7.36. The van der Waals surface area contributed by atoms with Crippen LogP contribution >= 0.6 is 0 Å². The third-order valence-corrected chi connectivity index (χ3v) is 0.697. The van der Waals surface area contributed by atoms with Crippen LogP contribution in [-0.2, 0) is 5.11 Å². The van der Waals surface area contributed by atoms with Gasteiger partial charge in [0.2, 0.25) is 11.7 Å². The fraction of sp³-hybridized carbons (Fsp3) is 0.500. The van der Waals surface area contributed by atoms with E-state index in [1.165, 1.54) is 0 Å². The summed E-state index contributed by atoms with van der Waals surface area (Å²) in [6, 6.07) is 0. The molecule has 1 nitrogen and oxygen atoms in total. The summed E-state index contributed by atoms with van der Waals surface area (Å²) < 4.78 is 78.6. The number of rotatable bonds is 1. The molecular formula is C4F7O. The molecule has 0 aliphatic carbocycles. The Labute approximate surface area is 61.1 Å². The molecule has 0 rings (SSSR count). The number of halogens is 7. The second-order valence-electron chi connectivity index (χ2n) is 1.64. The van der Waals surface area contributed by atoms with Crippen LogP contribution in [0.25, 0.3) is 0 Å². The molecule has 71 valence electrons. The molecule has 0 saturated carbocycles. The molecule has 0 saturated heterocycles. The van der Waals surface area contributed by atoms with Gasteiger partial charge in [0.05, 0.1) is 0 Å². The number of hydrogen-bond donors (Lipinski definition) is 0. The smallest absolute Gasteiger partial charge is 0.199 e. The summed E-state index contributed by atoms with van der Waals surface area (Å²) in [6.45, 7) is 0. The van der Waals surface area contributed by atoms with Crippen molar-refractivity contribution in [3.63, 3.8) is 0 Å². The fourth-order valence-electron chi connectivity index (χ4n) is 0.252. The Morgan fingerprint density at radius 1 is 0.833 bits per heavy atom. The highest BCUT2D eigenvalue weighted by Crippen LogP contribution is 2.35. The Morgan fingerprint density at radius 3 is 1.25 bits per heavy atom. The summed E-state index contributed by atoms with van der Waals surface area (Å²) in [5.41, 5.74) is 0. The topological polar surface area (TPSA) is 19.9 Å². The Hall–Kier alpha value is -0.790. The van der Waals surface area contributed by atoms with Gasteiger partial charge in [0.1, 0.15) is 0 Å². The highest BCUT2D eigenvalue weighted by molar-refractivity contribution is 5.09. The van der Waals surface area contributed by atoms with Gasteiger partial charge in [-0.05, 0) is 0 Å². The zero-order chi connectivity index (χ0) is 10.2. The Kier molecular flexibility index (Phi) is 2.73. The highest BCUT2D eigenvalue weighted by Gasteiger charge is 2.47. The molecule has 0 spiro atoms. The van der Waals surface area contributed by atoms with Crippen molar-refractivity contribution in [1.29, 1.82) is 0 Å². The van der Waals surface area contributed by atoms with Gasteiger partial charge in [0.25, 0.3) is 0 Å². The summed E-state index contributed by atoms with van der Waals surface area (Å²) in [7, 11) is 0. The van der Waals surface area contributed by atoms with Crippen molar-refractivity contribution >= 4 is 0 Å². The zero-order valence-corrected chi connectivity index (χ0v) is 5.05. The van der Waals surface area contributed by atoms with Gasteiger partial charge < -0.3 is 0 Å². The molecule has 0 unspecified atom stereocenters. The minimum absolute atomic E-state index is 3.66. The predicted octanol–water partition coefficient (Wildman–Crippen LogP) is 2.72. The Balaban J connectivity index is 4.96. The molecule has 0 atom stereocenters. The van der Waals surface area contributed by atoms with Gasteiger partial charge in [-0.2, -0.15) is 30.7 Å². The van der Waals surface area contributed by atoms with Crippen LogP contribution in [0.3, 0.4) is 0 Å². The quantitative estimate of drug-likeness (QED) is 0.576. The third-order valence-electron chi connectivity index (χ3n) is 0.697. The van der Waals surface area contributed by atoms with Gasteiger partial charge >= 0.3 is 12.3 Å². The van der Waals surface area contributed by atoms with Crippen molar-refractivity contribution in [1.82, 2.24) is 0 Å². The van der Waals surface area contributed by atoms with Crippen LogP contribution in [0.1, 0.15) is 0 Å². The van der Waals surface area contributed by atoms with Crippen LogP contribution in [0.5, 0.6) is 0 Å². The molecule has 0 aliphatic rings. The summed E-state index contributed by atoms with van der Waals surface area (Å²) in [6.07, 6.45) is -11.6. The maximum atomic E-state index is 11.5. The molecule has 0 N–H and O–H groups in total. The van der Waals surface area contributed by atoms with Gasteiger partial charge in [-0.3, -0.25) is 0 Å². The van der Waals surface area contributed by atoms with Gasteiger partial charge in [-0.15, -0.1) is 5.11 Å². The average molecular weight is 197 g/mol. The maximum absolute atomic E-state index is 11.5. The molecule has 0 aromatic heterocycles. The molecule has 0 amide bonds. The first-order chi connectivity index (χ1) is 5.07. The average Bonchev–Trinajstić information content (AvgIpc) is 1.80. The molecule has 0 fully saturated rings. The Bertz CT molecular complexity index is 174. The standard InChI is InChI=1S/C4F7O/c5-1(3(7,8)9)2(6)4(10,11)12. The van der Waals surface area contributed by atoms with Crippen LogP contribution in [0.4, 0.5) is 30.7 Å². The lowest BCUT2D eigenvalue weighted by Crippen LogP contribution is -2.20. The first kappa shape index (κ1) is 11.2. The van der Waals surface area contributed by atoms with Gasteiger partial charge in [-0.25, -0.2) is 0 Å². The van der Waals surface area contributed by atoms with E-state index in [1.54, 1.807) is 0 Å². The lowest BCUT2D eigenvalue weighted by atomic mass is 10.4. The number of alkyl halides is 5. The monoisotopic (exact) mass is 197 g/mol. The summed E-state index contributed by atoms with van der Waals surface area (Å²) >= 11 is 0. The molecule has 0 heterocycles. The number of hydrogen-bond acceptors (Lipinski definition) is 0. The minimum atomic E-state index is -5.90. The van der Waals surface area contributed by atoms with E-state index < -0.39 is 23.9 Å². The van der Waals surface area contributed by atoms with Gasteiger partial charge in [-0.1, -0.05) is 0 Å². The molecular weight excluding hydrogens is 197 g/mol. The Morgan fingerprint density at radius 2 is 1.17 bits per heavy atom. The molecule has 12 heavy (non-hydrogen) atoms. The highest BCUT2D eigenvalue weighted by atomic mass is 19.4. The van der Waals surface area contributed by atoms with Crippen molar-refractivity contribution in [2.45, 2.75) is 12.3 Å². The second-order valence-corrected chi connectivity index (χ2v) is 1.64. The summed E-state index contributed by atoms with van der Waals surface area (Å²) in [4.78, 5) is 0. The van der Waals surface area contributed by atoms with Crippen LogP contribution in [0, 0.1) is 0 Å². The molecule has 0 aromatic rings. The van der Waals surface area contributed by atoms with Crippen LogP contribution in [0.2, 0.25) is 0 Å². The molecule has 1 radical (unpaired) electrons. The van der Waals surface area contributed by atoms with Crippen molar-refractivity contribution in [2.75, 3.05) is 0 Å². The van der Waals surface area contributed by atoms with Crippen LogP contribution < -0.4 is 0 Å². The van der Waals surface area contributed by atoms with E-state index in [-0.39, 0.29) is 0 Å². The van der Waals surface area contributed by atoms with E-state index in [2.05, 4.69) is 0 Å². The minimum Gasteiger partial charge on any atom is -0.199 e. The van der Waals surface area contributed by atoms with Crippen molar-refractivity contribution < 1.29 is 35.8 Å². The number of allylic oxidation sites excluding steroid dienone is 1. The third kappa shape index (κ3) is 2.68. The van der Waals surface area contributed by atoms with Crippen molar-refractivity contribution in [2.24, 2.45) is 0 Å². The van der Waals surface area contributed by atoms with E-state index in [0.29, 0.717) is 0 Å².